The van der Waals surface area contributed by atoms with E-state index in [-0.39, 0.29) is 36.7 Å². The second-order valence-corrected chi connectivity index (χ2v) is 11.5. The highest BCUT2D eigenvalue weighted by Crippen LogP contribution is 2.31. The van der Waals surface area contributed by atoms with Gasteiger partial charge in [0, 0.05) is 24.1 Å². The summed E-state index contributed by atoms with van der Waals surface area (Å²) in [6.45, 7) is 2.44. The number of imide groups is 1. The summed E-state index contributed by atoms with van der Waals surface area (Å²) in [6, 6.07) is 17.2. The fraction of sp³-hybridized carbons (Fsp3) is 0.483. The molecule has 0 aromatic heterocycles. The van der Waals surface area contributed by atoms with Crippen LogP contribution in [-0.2, 0) is 16.1 Å². The number of nitrogens with zero attached hydrogens (tertiary/aromatic N) is 2. The maximum atomic E-state index is 13.3. The first kappa shape index (κ1) is 26.7. The number of halogens is 1. The Labute approximate surface area is 232 Å². The SMILES string of the molecule is O=C(NC(CCN1CCC2(CC1)NC(=O)N(Cc1ccc(Br)cc1)C2=O)c1ccccc1)OC1CCCC1. The number of amides is 4. The van der Waals surface area contributed by atoms with Gasteiger partial charge in [-0.1, -0.05) is 58.4 Å². The second-order valence-electron chi connectivity index (χ2n) is 10.6. The van der Waals surface area contributed by atoms with Crippen molar-refractivity contribution >= 4 is 34.0 Å². The average Bonchev–Trinajstić information content (AvgIpc) is 3.51. The van der Waals surface area contributed by atoms with E-state index < -0.39 is 5.54 Å². The molecule has 1 unspecified atom stereocenters. The van der Waals surface area contributed by atoms with E-state index in [4.69, 9.17) is 4.74 Å². The molecule has 0 bridgehead atoms. The zero-order chi connectivity index (χ0) is 26.5. The van der Waals surface area contributed by atoms with Gasteiger partial charge in [0.2, 0.25) is 0 Å². The third-order valence-electron chi connectivity index (χ3n) is 8.01. The van der Waals surface area contributed by atoms with Crippen molar-refractivity contribution in [3.05, 3.63) is 70.2 Å². The minimum Gasteiger partial charge on any atom is -0.446 e. The van der Waals surface area contributed by atoms with Crippen molar-refractivity contribution in [3.63, 3.8) is 0 Å². The van der Waals surface area contributed by atoms with Gasteiger partial charge in [-0.05, 0) is 68.2 Å². The first-order valence-electron chi connectivity index (χ1n) is 13.5. The van der Waals surface area contributed by atoms with E-state index in [1.807, 2.05) is 54.6 Å². The Bertz CT molecular complexity index is 1130. The Morgan fingerprint density at radius 1 is 1.05 bits per heavy atom. The molecule has 2 aromatic rings. The third-order valence-corrected chi connectivity index (χ3v) is 8.54. The van der Waals surface area contributed by atoms with Crippen LogP contribution < -0.4 is 10.6 Å². The predicted octanol–water partition coefficient (Wildman–Crippen LogP) is 5.14. The first-order valence-corrected chi connectivity index (χ1v) is 14.3. The van der Waals surface area contributed by atoms with Gasteiger partial charge in [-0.3, -0.25) is 9.69 Å². The number of hydrogen-bond donors (Lipinski definition) is 2. The standard InChI is InChI=1S/C29H35BrN4O4/c30-23-12-10-21(11-13-23)20-34-26(35)29(32-27(34)36)15-18-33(19-16-29)17-14-25(22-6-2-1-3-7-22)31-28(37)38-24-8-4-5-9-24/h1-3,6-7,10-13,24-25H,4-5,8-9,14-20H2,(H,31,37)(H,32,36). The summed E-state index contributed by atoms with van der Waals surface area (Å²) in [5.74, 6) is -0.136. The maximum Gasteiger partial charge on any atom is 0.407 e. The molecule has 2 N–H and O–H groups in total. The Balaban J connectivity index is 1.15. The lowest BCUT2D eigenvalue weighted by atomic mass is 9.87. The summed E-state index contributed by atoms with van der Waals surface area (Å²) < 4.78 is 6.61. The Morgan fingerprint density at radius 3 is 2.42 bits per heavy atom. The fourth-order valence-electron chi connectivity index (χ4n) is 5.74. The van der Waals surface area contributed by atoms with E-state index in [9.17, 15) is 14.4 Å². The predicted molar refractivity (Wildman–Crippen MR) is 147 cm³/mol. The molecule has 1 atom stereocenters. The number of carbonyl (C=O) groups is 3. The fourth-order valence-corrected chi connectivity index (χ4v) is 6.01. The van der Waals surface area contributed by atoms with Crippen LogP contribution in [0.15, 0.2) is 59.1 Å². The van der Waals surface area contributed by atoms with Crippen LogP contribution in [-0.4, -0.2) is 59.1 Å². The van der Waals surface area contributed by atoms with Gasteiger partial charge in [0.1, 0.15) is 11.6 Å². The highest BCUT2D eigenvalue weighted by atomic mass is 79.9. The molecule has 2 aliphatic heterocycles. The van der Waals surface area contributed by atoms with Crippen LogP contribution in [0.25, 0.3) is 0 Å². The summed E-state index contributed by atoms with van der Waals surface area (Å²) in [5, 5.41) is 6.09. The van der Waals surface area contributed by atoms with Crippen molar-refractivity contribution in [1.29, 1.82) is 0 Å². The number of urea groups is 1. The van der Waals surface area contributed by atoms with Gasteiger partial charge in [-0.15, -0.1) is 0 Å². The van der Waals surface area contributed by atoms with Crippen LogP contribution in [0.3, 0.4) is 0 Å². The zero-order valence-electron chi connectivity index (χ0n) is 21.5. The van der Waals surface area contributed by atoms with Crippen LogP contribution >= 0.6 is 15.9 Å². The molecule has 1 spiro atoms. The van der Waals surface area contributed by atoms with E-state index in [1.54, 1.807) is 0 Å². The number of nitrogens with one attached hydrogen (secondary N) is 2. The minimum absolute atomic E-state index is 0.0206. The summed E-state index contributed by atoms with van der Waals surface area (Å²) in [4.78, 5) is 42.3. The van der Waals surface area contributed by atoms with E-state index in [0.29, 0.717) is 25.9 Å². The van der Waals surface area contributed by atoms with E-state index in [0.717, 1.165) is 54.2 Å². The molecule has 38 heavy (non-hydrogen) atoms. The molecular weight excluding hydrogens is 548 g/mol. The van der Waals surface area contributed by atoms with Gasteiger partial charge in [-0.2, -0.15) is 0 Å². The number of ether oxygens (including phenoxy) is 1. The monoisotopic (exact) mass is 582 g/mol. The van der Waals surface area contributed by atoms with E-state index in [1.165, 1.54) is 4.90 Å². The summed E-state index contributed by atoms with van der Waals surface area (Å²) in [7, 11) is 0. The first-order chi connectivity index (χ1) is 18.4. The van der Waals surface area contributed by atoms with Gasteiger partial charge in [0.05, 0.1) is 12.6 Å². The second kappa shape index (κ2) is 11.9. The Kier molecular flexibility index (Phi) is 8.33. The molecule has 2 heterocycles. The number of benzene rings is 2. The van der Waals surface area contributed by atoms with Crippen LogP contribution in [0.4, 0.5) is 9.59 Å². The van der Waals surface area contributed by atoms with Crippen LogP contribution in [0, 0.1) is 0 Å². The number of carbonyl (C=O) groups excluding carboxylic acids is 3. The quantitative estimate of drug-likeness (QED) is 0.421. The van der Waals surface area contributed by atoms with Crippen molar-refractivity contribution in [2.24, 2.45) is 0 Å². The molecule has 3 aliphatic rings. The molecule has 1 aliphatic carbocycles. The van der Waals surface area contributed by atoms with Gasteiger partial charge < -0.3 is 20.3 Å². The molecule has 202 valence electrons. The third kappa shape index (κ3) is 6.21. The van der Waals surface area contributed by atoms with Crippen LogP contribution in [0.5, 0.6) is 0 Å². The average molecular weight is 584 g/mol. The molecule has 2 aromatic carbocycles. The molecule has 9 heteroatoms. The molecule has 1 saturated carbocycles. The Morgan fingerprint density at radius 2 is 1.74 bits per heavy atom. The van der Waals surface area contributed by atoms with Crippen molar-refractivity contribution in [2.45, 2.75) is 69.2 Å². The summed E-state index contributed by atoms with van der Waals surface area (Å²) >= 11 is 3.42. The van der Waals surface area contributed by atoms with Crippen LogP contribution in [0.1, 0.15) is 62.1 Å². The molecule has 8 nitrogen and oxygen atoms in total. The topological polar surface area (TPSA) is 91.0 Å². The minimum atomic E-state index is -0.828. The highest BCUT2D eigenvalue weighted by molar-refractivity contribution is 9.10. The van der Waals surface area contributed by atoms with Crippen molar-refractivity contribution in [3.8, 4) is 0 Å². The van der Waals surface area contributed by atoms with Crippen molar-refractivity contribution in [2.75, 3.05) is 19.6 Å². The highest BCUT2D eigenvalue weighted by Gasteiger charge is 2.52. The zero-order valence-corrected chi connectivity index (χ0v) is 23.1. The number of likely N-dealkylation sites (tertiary alicyclic amines) is 1. The lowest BCUT2D eigenvalue weighted by molar-refractivity contribution is -0.133. The molecule has 5 rings (SSSR count). The largest absolute Gasteiger partial charge is 0.446 e. The van der Waals surface area contributed by atoms with Crippen LogP contribution in [0.2, 0.25) is 0 Å². The number of piperidine rings is 1. The number of hydrogen-bond acceptors (Lipinski definition) is 5. The lowest BCUT2D eigenvalue weighted by Gasteiger charge is -2.37. The van der Waals surface area contributed by atoms with Gasteiger partial charge >= 0.3 is 12.1 Å². The van der Waals surface area contributed by atoms with E-state index in [2.05, 4.69) is 31.5 Å². The maximum absolute atomic E-state index is 13.3. The normalized spacial score (nSPS) is 20.5. The van der Waals surface area contributed by atoms with Gasteiger partial charge in [-0.25, -0.2) is 9.59 Å². The van der Waals surface area contributed by atoms with Gasteiger partial charge in [0.25, 0.3) is 5.91 Å². The van der Waals surface area contributed by atoms with Crippen molar-refractivity contribution in [1.82, 2.24) is 20.4 Å². The Hall–Kier alpha value is -2.91. The summed E-state index contributed by atoms with van der Waals surface area (Å²) in [5.41, 5.74) is 1.13. The smallest absolute Gasteiger partial charge is 0.407 e. The number of alkyl carbamates (subject to hydrolysis) is 1. The van der Waals surface area contributed by atoms with Crippen molar-refractivity contribution < 1.29 is 19.1 Å². The molecule has 4 amide bonds. The van der Waals surface area contributed by atoms with Gasteiger partial charge in [0.15, 0.2) is 0 Å². The van der Waals surface area contributed by atoms with E-state index >= 15 is 0 Å². The molecule has 2 saturated heterocycles. The summed E-state index contributed by atoms with van der Waals surface area (Å²) in [6.07, 6.45) is 5.64. The molecule has 3 fully saturated rings. The molecular formula is C29H35BrN4O4. The number of rotatable bonds is 8. The lowest BCUT2D eigenvalue weighted by Crippen LogP contribution is -2.55. The molecule has 0 radical (unpaired) electrons.